The molecule has 0 spiro atoms. The van der Waals surface area contributed by atoms with Crippen LogP contribution < -0.4 is 10.1 Å². The van der Waals surface area contributed by atoms with E-state index in [1.807, 2.05) is 6.07 Å². The van der Waals surface area contributed by atoms with E-state index >= 15 is 0 Å². The highest BCUT2D eigenvalue weighted by Gasteiger charge is 2.15. The van der Waals surface area contributed by atoms with Gasteiger partial charge in [0.2, 0.25) is 0 Å². The Morgan fingerprint density at radius 2 is 2.05 bits per heavy atom. The second kappa shape index (κ2) is 5.45. The molecule has 0 aliphatic rings. The summed E-state index contributed by atoms with van der Waals surface area (Å²) in [5.41, 5.74) is 0.794. The zero-order valence-corrected chi connectivity index (χ0v) is 11.5. The standard InChI is InChI=1S/C14H14N4O2/c1-9-16-13(12(8-15)18(9)2)17-14(19)10-4-6-11(20-3)7-5-10/h4-7H,1-3H3,(H,17,19). The Bertz CT molecular complexity index is 680. The number of anilines is 1. The number of ether oxygens (including phenoxy) is 1. The Morgan fingerprint density at radius 1 is 1.40 bits per heavy atom. The lowest BCUT2D eigenvalue weighted by Crippen LogP contribution is -2.13. The summed E-state index contributed by atoms with van der Waals surface area (Å²) in [5, 5.41) is 11.7. The van der Waals surface area contributed by atoms with Crippen LogP contribution >= 0.6 is 0 Å². The van der Waals surface area contributed by atoms with E-state index in [9.17, 15) is 4.79 Å². The SMILES string of the molecule is COc1ccc(C(=O)Nc2nc(C)n(C)c2C#N)cc1. The van der Waals surface area contributed by atoms with E-state index in [2.05, 4.69) is 10.3 Å². The van der Waals surface area contributed by atoms with Crippen molar-refractivity contribution in [3.05, 3.63) is 41.3 Å². The van der Waals surface area contributed by atoms with Crippen LogP contribution in [0.15, 0.2) is 24.3 Å². The predicted molar refractivity (Wildman–Crippen MR) is 73.6 cm³/mol. The fourth-order valence-corrected chi connectivity index (χ4v) is 1.75. The van der Waals surface area contributed by atoms with Crippen molar-refractivity contribution in [3.8, 4) is 11.8 Å². The Morgan fingerprint density at radius 3 is 2.60 bits per heavy atom. The number of rotatable bonds is 3. The zero-order chi connectivity index (χ0) is 14.7. The molecule has 0 bridgehead atoms. The molecule has 1 N–H and O–H groups in total. The molecule has 6 heteroatoms. The smallest absolute Gasteiger partial charge is 0.256 e. The van der Waals surface area contributed by atoms with Gasteiger partial charge < -0.3 is 14.6 Å². The Balaban J connectivity index is 2.23. The molecule has 0 unspecified atom stereocenters. The summed E-state index contributed by atoms with van der Waals surface area (Å²) in [6, 6.07) is 8.72. The maximum absolute atomic E-state index is 12.1. The van der Waals surface area contributed by atoms with Gasteiger partial charge in [-0.1, -0.05) is 0 Å². The Labute approximate surface area is 116 Å². The first-order valence-corrected chi connectivity index (χ1v) is 5.95. The third kappa shape index (κ3) is 2.47. The zero-order valence-electron chi connectivity index (χ0n) is 11.5. The summed E-state index contributed by atoms with van der Waals surface area (Å²) in [6.07, 6.45) is 0. The molecule has 6 nitrogen and oxygen atoms in total. The molecule has 1 amide bonds. The van der Waals surface area contributed by atoms with Gasteiger partial charge >= 0.3 is 0 Å². The van der Waals surface area contributed by atoms with Crippen molar-refractivity contribution in [3.63, 3.8) is 0 Å². The molecule has 20 heavy (non-hydrogen) atoms. The Hall–Kier alpha value is -2.81. The fourth-order valence-electron chi connectivity index (χ4n) is 1.75. The van der Waals surface area contributed by atoms with Crippen LogP contribution in [-0.2, 0) is 7.05 Å². The van der Waals surface area contributed by atoms with Gasteiger partial charge in [-0.05, 0) is 31.2 Å². The van der Waals surface area contributed by atoms with Crippen LogP contribution in [-0.4, -0.2) is 22.6 Å². The molecule has 2 rings (SSSR count). The molecule has 102 valence electrons. The molecule has 2 aromatic rings. The van der Waals surface area contributed by atoms with Gasteiger partial charge in [0.05, 0.1) is 7.11 Å². The topological polar surface area (TPSA) is 79.9 Å². The number of hydrogen-bond donors (Lipinski definition) is 1. The van der Waals surface area contributed by atoms with Crippen molar-refractivity contribution in [1.82, 2.24) is 9.55 Å². The summed E-state index contributed by atoms with van der Waals surface area (Å²) in [7, 11) is 3.29. The summed E-state index contributed by atoms with van der Waals surface area (Å²) in [6.45, 7) is 1.77. The predicted octanol–water partition coefficient (Wildman–Crippen LogP) is 1.86. The van der Waals surface area contributed by atoms with Gasteiger partial charge in [0.15, 0.2) is 11.5 Å². The number of carbonyl (C=O) groups is 1. The maximum atomic E-state index is 12.1. The highest BCUT2D eigenvalue weighted by atomic mass is 16.5. The second-order valence-electron chi connectivity index (χ2n) is 4.21. The number of hydrogen-bond acceptors (Lipinski definition) is 4. The molecule has 1 heterocycles. The van der Waals surface area contributed by atoms with Gasteiger partial charge in [-0.2, -0.15) is 5.26 Å². The molecule has 0 atom stereocenters. The van der Waals surface area contributed by atoms with Crippen LogP contribution in [0.25, 0.3) is 0 Å². The summed E-state index contributed by atoms with van der Waals surface area (Å²) >= 11 is 0. The van der Waals surface area contributed by atoms with Crippen molar-refractivity contribution >= 4 is 11.7 Å². The Kier molecular flexibility index (Phi) is 3.71. The number of methoxy groups -OCH3 is 1. The minimum atomic E-state index is -0.317. The summed E-state index contributed by atoms with van der Waals surface area (Å²) in [5.74, 6) is 1.29. The van der Waals surface area contributed by atoms with Crippen molar-refractivity contribution < 1.29 is 9.53 Å². The van der Waals surface area contributed by atoms with Gasteiger partial charge in [0.25, 0.3) is 5.91 Å². The highest BCUT2D eigenvalue weighted by molar-refractivity contribution is 6.04. The number of benzene rings is 1. The molecule has 1 aromatic heterocycles. The van der Waals surface area contributed by atoms with E-state index < -0.39 is 0 Å². The van der Waals surface area contributed by atoms with Crippen LogP contribution in [0.4, 0.5) is 5.82 Å². The number of nitriles is 1. The fraction of sp³-hybridized carbons (Fsp3) is 0.214. The van der Waals surface area contributed by atoms with Crippen LogP contribution in [0.5, 0.6) is 5.75 Å². The number of nitrogens with one attached hydrogen (secondary N) is 1. The molecule has 0 fully saturated rings. The van der Waals surface area contributed by atoms with E-state index in [4.69, 9.17) is 10.00 Å². The third-order valence-corrected chi connectivity index (χ3v) is 3.01. The average molecular weight is 270 g/mol. The molecule has 0 saturated heterocycles. The highest BCUT2D eigenvalue weighted by Crippen LogP contribution is 2.17. The first-order valence-electron chi connectivity index (χ1n) is 5.95. The normalized spacial score (nSPS) is 9.90. The number of aryl methyl sites for hydroxylation is 1. The van der Waals surface area contributed by atoms with Crippen molar-refractivity contribution in [2.24, 2.45) is 7.05 Å². The quantitative estimate of drug-likeness (QED) is 0.923. The number of amides is 1. The van der Waals surface area contributed by atoms with E-state index in [1.165, 1.54) is 0 Å². The lowest BCUT2D eigenvalue weighted by atomic mass is 10.2. The number of imidazole rings is 1. The molecule has 0 aliphatic heterocycles. The number of aromatic nitrogens is 2. The summed E-state index contributed by atoms with van der Waals surface area (Å²) < 4.78 is 6.66. The van der Waals surface area contributed by atoms with Gasteiger partial charge in [-0.25, -0.2) is 4.98 Å². The lowest BCUT2D eigenvalue weighted by molar-refractivity contribution is 0.102. The minimum Gasteiger partial charge on any atom is -0.497 e. The lowest BCUT2D eigenvalue weighted by Gasteiger charge is -2.04. The first-order chi connectivity index (χ1) is 9.56. The monoisotopic (exact) mass is 270 g/mol. The van der Waals surface area contributed by atoms with E-state index in [1.54, 1.807) is 49.9 Å². The molecule has 0 saturated carbocycles. The van der Waals surface area contributed by atoms with Gasteiger partial charge in [-0.3, -0.25) is 4.79 Å². The number of carbonyl (C=O) groups excluding carboxylic acids is 1. The average Bonchev–Trinajstić information content (AvgIpc) is 2.73. The van der Waals surface area contributed by atoms with Crippen LogP contribution in [0, 0.1) is 18.3 Å². The second-order valence-corrected chi connectivity index (χ2v) is 4.21. The number of nitrogens with zero attached hydrogens (tertiary/aromatic N) is 3. The van der Waals surface area contributed by atoms with Crippen molar-refractivity contribution in [2.45, 2.75) is 6.92 Å². The largest absolute Gasteiger partial charge is 0.497 e. The molecular formula is C14H14N4O2. The molecular weight excluding hydrogens is 256 g/mol. The first kappa shape index (κ1) is 13.6. The van der Waals surface area contributed by atoms with E-state index in [-0.39, 0.29) is 11.7 Å². The minimum absolute atomic E-state index is 0.272. The van der Waals surface area contributed by atoms with Gasteiger partial charge in [0.1, 0.15) is 17.6 Å². The van der Waals surface area contributed by atoms with Gasteiger partial charge in [-0.15, -0.1) is 0 Å². The van der Waals surface area contributed by atoms with Gasteiger partial charge in [0, 0.05) is 12.6 Å². The van der Waals surface area contributed by atoms with Crippen molar-refractivity contribution in [1.29, 1.82) is 5.26 Å². The summed E-state index contributed by atoms with van der Waals surface area (Å²) in [4.78, 5) is 16.3. The third-order valence-electron chi connectivity index (χ3n) is 3.01. The van der Waals surface area contributed by atoms with Crippen LogP contribution in [0.1, 0.15) is 21.9 Å². The maximum Gasteiger partial charge on any atom is 0.256 e. The van der Waals surface area contributed by atoms with Crippen LogP contribution in [0.3, 0.4) is 0 Å². The molecule has 0 radical (unpaired) electrons. The molecule has 0 aliphatic carbocycles. The van der Waals surface area contributed by atoms with E-state index in [0.717, 1.165) is 0 Å². The van der Waals surface area contributed by atoms with Crippen molar-refractivity contribution in [2.75, 3.05) is 12.4 Å². The molecule has 1 aromatic carbocycles. The van der Waals surface area contributed by atoms with Crippen LogP contribution in [0.2, 0.25) is 0 Å². The van der Waals surface area contributed by atoms with E-state index in [0.29, 0.717) is 22.8 Å².